The van der Waals surface area contributed by atoms with Crippen molar-refractivity contribution >= 4 is 17.3 Å². The maximum absolute atomic E-state index is 13.0. The van der Waals surface area contributed by atoms with Crippen LogP contribution in [-0.4, -0.2) is 54.5 Å². The van der Waals surface area contributed by atoms with Crippen LogP contribution in [0.25, 0.3) is 11.1 Å². The molecule has 166 valence electrons. The van der Waals surface area contributed by atoms with Crippen LogP contribution in [0.15, 0.2) is 54.9 Å². The van der Waals surface area contributed by atoms with E-state index < -0.39 is 0 Å². The first-order chi connectivity index (χ1) is 15.8. The molecule has 0 aliphatic carbocycles. The first-order valence-corrected chi connectivity index (χ1v) is 10.8. The second-order valence-corrected chi connectivity index (χ2v) is 7.76. The summed E-state index contributed by atoms with van der Waals surface area (Å²) < 4.78 is 19.3. The van der Waals surface area contributed by atoms with E-state index in [9.17, 15) is 4.79 Å². The predicted octanol–water partition coefficient (Wildman–Crippen LogP) is 2.97. The molecule has 5 rings (SSSR count). The van der Waals surface area contributed by atoms with Gasteiger partial charge < -0.3 is 29.4 Å². The summed E-state index contributed by atoms with van der Waals surface area (Å²) in [5.41, 5.74) is 5.18. The van der Waals surface area contributed by atoms with Gasteiger partial charge in [-0.1, -0.05) is 18.2 Å². The molecule has 4 heterocycles. The van der Waals surface area contributed by atoms with Gasteiger partial charge in [0.25, 0.3) is 5.91 Å². The van der Waals surface area contributed by atoms with Gasteiger partial charge in [-0.25, -0.2) is 0 Å². The zero-order valence-electron chi connectivity index (χ0n) is 17.8. The van der Waals surface area contributed by atoms with E-state index in [1.165, 1.54) is 0 Å². The van der Waals surface area contributed by atoms with E-state index in [2.05, 4.69) is 20.2 Å². The maximum atomic E-state index is 13.0. The van der Waals surface area contributed by atoms with Crippen LogP contribution in [0, 0.1) is 0 Å². The summed E-state index contributed by atoms with van der Waals surface area (Å²) in [5.74, 6) is -0.0970. The highest BCUT2D eigenvalue weighted by Gasteiger charge is 2.30. The van der Waals surface area contributed by atoms with Crippen molar-refractivity contribution in [1.29, 1.82) is 0 Å². The van der Waals surface area contributed by atoms with Crippen molar-refractivity contribution in [3.63, 3.8) is 0 Å². The number of nitrogens with zero attached hydrogens (tertiary/aromatic N) is 2. The third-order valence-electron chi connectivity index (χ3n) is 5.65. The number of amides is 1. The van der Waals surface area contributed by atoms with Crippen LogP contribution in [0.4, 0.5) is 11.4 Å². The number of hydrogen-bond acceptors (Lipinski definition) is 6. The summed E-state index contributed by atoms with van der Waals surface area (Å²) in [6, 6.07) is 13.8. The molecule has 1 atom stereocenters. The van der Waals surface area contributed by atoms with Crippen LogP contribution in [0.1, 0.15) is 16.2 Å². The number of hydrogen-bond donors (Lipinski definition) is 2. The quantitative estimate of drug-likeness (QED) is 0.595. The molecule has 0 unspecified atom stereocenters. The predicted molar refractivity (Wildman–Crippen MR) is 120 cm³/mol. The van der Waals surface area contributed by atoms with Crippen LogP contribution < -0.4 is 10.6 Å². The molecule has 2 N–H and O–H groups in total. The average Bonchev–Trinajstić information content (AvgIpc) is 3.15. The fourth-order valence-corrected chi connectivity index (χ4v) is 4.20. The largest absolute Gasteiger partial charge is 0.376 e. The number of para-hydroxylation sites is 1. The molecule has 1 aromatic carbocycles. The van der Waals surface area contributed by atoms with Gasteiger partial charge >= 0.3 is 0 Å². The zero-order valence-corrected chi connectivity index (χ0v) is 17.8. The Balaban J connectivity index is 1.54. The smallest absolute Gasteiger partial charge is 0.270 e. The highest BCUT2D eigenvalue weighted by molar-refractivity contribution is 6.04. The summed E-state index contributed by atoms with van der Waals surface area (Å²) in [6.07, 6.45) is 3.45. The number of fused-ring (bicyclic) bond motifs is 1. The molecule has 32 heavy (non-hydrogen) atoms. The molecule has 1 amide bonds. The molecule has 1 fully saturated rings. The monoisotopic (exact) mass is 434 g/mol. The number of anilines is 2. The van der Waals surface area contributed by atoms with Crippen molar-refractivity contribution in [3.8, 4) is 11.1 Å². The van der Waals surface area contributed by atoms with Crippen LogP contribution in [0.2, 0.25) is 0 Å². The van der Waals surface area contributed by atoms with Crippen molar-refractivity contribution < 1.29 is 19.0 Å². The maximum Gasteiger partial charge on any atom is 0.270 e. The number of carbonyl (C=O) groups excluding carboxylic acids is 1. The minimum absolute atomic E-state index is 0.0749. The topological polar surface area (TPSA) is 86.6 Å². The summed E-state index contributed by atoms with van der Waals surface area (Å²) >= 11 is 0. The Labute approximate surface area is 186 Å². The van der Waals surface area contributed by atoms with Gasteiger partial charge in [0.1, 0.15) is 11.8 Å². The van der Waals surface area contributed by atoms with Crippen molar-refractivity contribution in [3.05, 3.63) is 66.2 Å². The third kappa shape index (κ3) is 4.25. The normalized spacial score (nSPS) is 18.1. The number of carbonyl (C=O) groups is 1. The van der Waals surface area contributed by atoms with Crippen molar-refractivity contribution in [2.45, 2.75) is 19.3 Å². The molecule has 0 saturated carbocycles. The Morgan fingerprint density at radius 1 is 1.16 bits per heavy atom. The lowest BCUT2D eigenvalue weighted by Gasteiger charge is -2.23. The lowest BCUT2D eigenvalue weighted by molar-refractivity contribution is -0.117. The van der Waals surface area contributed by atoms with Crippen LogP contribution in [-0.2, 0) is 27.4 Å². The Bertz CT molecular complexity index is 1060. The van der Waals surface area contributed by atoms with Gasteiger partial charge in [0.05, 0.1) is 44.4 Å². The molecule has 2 aliphatic heterocycles. The molecule has 0 radical (unpaired) electrons. The molecule has 0 spiro atoms. The third-order valence-corrected chi connectivity index (χ3v) is 5.65. The number of ether oxygens (including phenoxy) is 3. The van der Waals surface area contributed by atoms with Gasteiger partial charge in [-0.2, -0.15) is 0 Å². The molecule has 1 saturated heterocycles. The van der Waals surface area contributed by atoms with Crippen molar-refractivity contribution in [1.82, 2.24) is 14.9 Å². The molecule has 2 aromatic heterocycles. The highest BCUT2D eigenvalue weighted by Crippen LogP contribution is 2.40. The van der Waals surface area contributed by atoms with E-state index in [0.29, 0.717) is 51.8 Å². The van der Waals surface area contributed by atoms with Crippen LogP contribution in [0.5, 0.6) is 0 Å². The molecule has 8 nitrogen and oxygen atoms in total. The Morgan fingerprint density at radius 2 is 2.00 bits per heavy atom. The van der Waals surface area contributed by atoms with E-state index in [-0.39, 0.29) is 12.0 Å². The molecule has 2 aliphatic rings. The van der Waals surface area contributed by atoms with E-state index in [4.69, 9.17) is 14.2 Å². The standard InChI is InChI=1S/C24H26N4O4/c29-24-23-22(27-18-4-2-1-3-5-18)21(17-6-8-25-9-7-17)20(28(23)11-10-26-24)16-31-15-19-14-30-12-13-32-19/h1-9,19,27H,10-16H2,(H,26,29)/t19-/m1/s1. The first kappa shape index (κ1) is 20.7. The SMILES string of the molecule is O=C1NCCn2c(COC[C@H]3COCCO3)c(-c3ccncc3)c(Nc3ccccc3)c21. The van der Waals surface area contributed by atoms with Gasteiger partial charge in [-0.05, 0) is 29.8 Å². The van der Waals surface area contributed by atoms with E-state index >= 15 is 0 Å². The van der Waals surface area contributed by atoms with Crippen molar-refractivity contribution in [2.24, 2.45) is 0 Å². The molecular formula is C24H26N4O4. The minimum atomic E-state index is -0.0970. The molecular weight excluding hydrogens is 408 g/mol. The van der Waals surface area contributed by atoms with E-state index in [1.807, 2.05) is 42.5 Å². The number of pyridine rings is 1. The van der Waals surface area contributed by atoms with Gasteiger partial charge in [-0.15, -0.1) is 0 Å². The summed E-state index contributed by atoms with van der Waals surface area (Å²) in [7, 11) is 0. The first-order valence-electron chi connectivity index (χ1n) is 10.8. The zero-order chi connectivity index (χ0) is 21.8. The number of nitrogens with one attached hydrogen (secondary N) is 2. The van der Waals surface area contributed by atoms with Gasteiger partial charge in [0.2, 0.25) is 0 Å². The Hall–Kier alpha value is -3.20. The second-order valence-electron chi connectivity index (χ2n) is 7.76. The average molecular weight is 434 g/mol. The number of benzene rings is 1. The van der Waals surface area contributed by atoms with Crippen LogP contribution in [0.3, 0.4) is 0 Å². The number of aromatic nitrogens is 2. The highest BCUT2D eigenvalue weighted by atomic mass is 16.6. The molecule has 8 heteroatoms. The lowest BCUT2D eigenvalue weighted by atomic mass is 10.0. The van der Waals surface area contributed by atoms with E-state index in [0.717, 1.165) is 28.2 Å². The number of rotatable bonds is 7. The van der Waals surface area contributed by atoms with Gasteiger partial charge in [-0.3, -0.25) is 9.78 Å². The van der Waals surface area contributed by atoms with Crippen LogP contribution >= 0.6 is 0 Å². The Kier molecular flexibility index (Phi) is 6.15. The lowest BCUT2D eigenvalue weighted by Crippen LogP contribution is -2.36. The van der Waals surface area contributed by atoms with Gasteiger partial charge in [0.15, 0.2) is 0 Å². The summed E-state index contributed by atoms with van der Waals surface area (Å²) in [5, 5.41) is 6.46. The Morgan fingerprint density at radius 3 is 2.78 bits per heavy atom. The molecule has 3 aromatic rings. The van der Waals surface area contributed by atoms with E-state index in [1.54, 1.807) is 12.4 Å². The van der Waals surface area contributed by atoms with Gasteiger partial charge in [0, 0.05) is 36.7 Å². The second kappa shape index (κ2) is 9.52. The summed E-state index contributed by atoms with van der Waals surface area (Å²) in [6.45, 7) is 3.79. The van der Waals surface area contributed by atoms with Crippen molar-refractivity contribution in [2.75, 3.05) is 38.3 Å². The minimum Gasteiger partial charge on any atom is -0.376 e. The fraction of sp³-hybridized carbons (Fsp3) is 0.333. The fourth-order valence-electron chi connectivity index (χ4n) is 4.20. The summed E-state index contributed by atoms with van der Waals surface area (Å²) in [4.78, 5) is 17.1. The molecule has 0 bridgehead atoms.